The van der Waals surface area contributed by atoms with Crippen LogP contribution < -0.4 is 0 Å². The number of alkyl halides is 2. The molecule has 0 amide bonds. The Morgan fingerprint density at radius 3 is 2.07 bits per heavy atom. The molecule has 0 bridgehead atoms. The van der Waals surface area contributed by atoms with Gasteiger partial charge in [-0.3, -0.25) is 9.32 Å². The molecule has 3 unspecified atom stereocenters. The van der Waals surface area contributed by atoms with Crippen LogP contribution in [0.4, 0.5) is 0 Å². The molecule has 0 spiro atoms. The van der Waals surface area contributed by atoms with Gasteiger partial charge in [-0.1, -0.05) is 58.3 Å². The number of aliphatic carboxylic acids is 1. The molecule has 162 valence electrons. The lowest BCUT2D eigenvalue weighted by Crippen LogP contribution is -2.23. The van der Waals surface area contributed by atoms with Crippen molar-refractivity contribution >= 4 is 37.0 Å². The Balaban J connectivity index is 4.13. The summed E-state index contributed by atoms with van der Waals surface area (Å²) in [7, 11) is -4.55. The van der Waals surface area contributed by atoms with E-state index in [9.17, 15) is 9.36 Å². The Morgan fingerprint density at radius 2 is 1.48 bits per heavy atom. The number of carboxylic acids is 1. The molecule has 3 N–H and O–H groups in total. The van der Waals surface area contributed by atoms with Crippen molar-refractivity contribution in [2.45, 2.75) is 107 Å². The molecular weight excluding hydrogens is 414 g/mol. The summed E-state index contributed by atoms with van der Waals surface area (Å²) in [6.07, 6.45) is 9.60. The van der Waals surface area contributed by atoms with Crippen LogP contribution in [0.2, 0.25) is 0 Å². The summed E-state index contributed by atoms with van der Waals surface area (Å²) < 4.78 is 16.1. The van der Waals surface area contributed by atoms with Crippen molar-refractivity contribution in [1.29, 1.82) is 0 Å². The lowest BCUT2D eigenvalue weighted by Gasteiger charge is -2.23. The summed E-state index contributed by atoms with van der Waals surface area (Å²) in [5.74, 6) is -0.762. The number of phosphoric acid groups is 1. The van der Waals surface area contributed by atoms with E-state index in [0.717, 1.165) is 51.4 Å². The average molecular weight is 449 g/mol. The summed E-state index contributed by atoms with van der Waals surface area (Å²) in [5, 5.41) is 7.88. The highest BCUT2D eigenvalue weighted by atomic mass is 35.5. The molecule has 6 nitrogen and oxygen atoms in total. The second-order valence-electron chi connectivity index (χ2n) is 7.04. The molecule has 0 fully saturated rings. The molecule has 0 aromatic carbocycles. The van der Waals surface area contributed by atoms with E-state index in [2.05, 4.69) is 6.92 Å². The molecule has 27 heavy (non-hydrogen) atoms. The highest BCUT2D eigenvalue weighted by Gasteiger charge is 2.27. The van der Waals surface area contributed by atoms with E-state index in [1.807, 2.05) is 0 Å². The molecule has 0 saturated carbocycles. The molecule has 0 aliphatic carbocycles. The van der Waals surface area contributed by atoms with Crippen molar-refractivity contribution in [3.8, 4) is 0 Å². The van der Waals surface area contributed by atoms with Gasteiger partial charge in [0.15, 0.2) is 0 Å². The Morgan fingerprint density at radius 1 is 0.926 bits per heavy atom. The molecule has 3 atom stereocenters. The number of carboxylic acid groups (broad SMARTS) is 1. The van der Waals surface area contributed by atoms with Gasteiger partial charge in [-0.2, -0.15) is 0 Å². The van der Waals surface area contributed by atoms with E-state index >= 15 is 0 Å². The first-order valence-electron chi connectivity index (χ1n) is 9.89. The fraction of sp³-hybridized carbons (Fsp3) is 0.944. The van der Waals surface area contributed by atoms with Gasteiger partial charge in [0.2, 0.25) is 0 Å². The summed E-state index contributed by atoms with van der Waals surface area (Å²) in [6, 6.07) is 0. The van der Waals surface area contributed by atoms with E-state index in [-0.39, 0.29) is 11.8 Å². The maximum Gasteiger partial charge on any atom is 0.469 e. The number of hydrogen-bond donors (Lipinski definition) is 3. The van der Waals surface area contributed by atoms with Crippen LogP contribution in [0.25, 0.3) is 0 Å². The Hall–Kier alpha value is 0.160. The largest absolute Gasteiger partial charge is 0.481 e. The van der Waals surface area contributed by atoms with Gasteiger partial charge in [-0.15, -0.1) is 23.2 Å². The minimum absolute atomic E-state index is 0.209. The predicted molar refractivity (Wildman–Crippen MR) is 110 cm³/mol. The number of phosphoric ester groups is 1. The molecule has 0 rings (SSSR count). The summed E-state index contributed by atoms with van der Waals surface area (Å²) in [6.45, 7) is 2.10. The van der Waals surface area contributed by atoms with Crippen molar-refractivity contribution in [3.63, 3.8) is 0 Å². The molecule has 0 aliphatic rings. The molecule has 0 aliphatic heterocycles. The Kier molecular flexibility index (Phi) is 16.1. The number of halogens is 2. The third-order valence-corrected chi connectivity index (χ3v) is 6.12. The topological polar surface area (TPSA) is 104 Å². The quantitative estimate of drug-likeness (QED) is 0.138. The predicted octanol–water partition coefficient (Wildman–Crippen LogP) is 5.85. The first kappa shape index (κ1) is 27.2. The second kappa shape index (κ2) is 16.0. The van der Waals surface area contributed by atoms with Gasteiger partial charge in [-0.05, 0) is 25.7 Å². The number of carbonyl (C=O) groups is 1. The average Bonchev–Trinajstić information content (AvgIpc) is 2.55. The van der Waals surface area contributed by atoms with E-state index in [1.165, 1.54) is 0 Å². The maximum atomic E-state index is 11.2. The van der Waals surface area contributed by atoms with Gasteiger partial charge >= 0.3 is 13.8 Å². The highest BCUT2D eigenvalue weighted by Crippen LogP contribution is 2.40. The third-order valence-electron chi connectivity index (χ3n) is 4.42. The number of hydrogen-bond acceptors (Lipinski definition) is 3. The molecule has 0 radical (unpaired) electrons. The maximum absolute atomic E-state index is 11.2. The molecule has 0 saturated heterocycles. The molecule has 9 heteroatoms. The van der Waals surface area contributed by atoms with Crippen LogP contribution in [0.3, 0.4) is 0 Å². The zero-order valence-corrected chi connectivity index (χ0v) is 18.6. The normalized spacial score (nSPS) is 15.4. The van der Waals surface area contributed by atoms with Gasteiger partial charge in [-0.25, -0.2) is 4.57 Å². The molecule has 0 aromatic heterocycles. The molecule has 0 heterocycles. The van der Waals surface area contributed by atoms with Crippen LogP contribution in [-0.2, 0) is 13.9 Å². The minimum atomic E-state index is -4.55. The summed E-state index contributed by atoms with van der Waals surface area (Å²) >= 11 is 12.7. The lowest BCUT2D eigenvalue weighted by molar-refractivity contribution is -0.137. The number of rotatable bonds is 18. The summed E-state index contributed by atoms with van der Waals surface area (Å²) in [5.41, 5.74) is 0. The highest BCUT2D eigenvalue weighted by molar-refractivity contribution is 7.46. The lowest BCUT2D eigenvalue weighted by atomic mass is 10.0. The van der Waals surface area contributed by atoms with E-state index < -0.39 is 25.3 Å². The van der Waals surface area contributed by atoms with Crippen LogP contribution in [0.15, 0.2) is 0 Å². The third kappa shape index (κ3) is 18.0. The summed E-state index contributed by atoms with van der Waals surface area (Å²) in [4.78, 5) is 28.6. The standard InChI is InChI=1S/C18H35Cl2O6P/c1-2-3-4-8-11-15(26-27(23,24)25)14-17(20)16(19)12-9-6-5-7-10-13-18(21)22/h15-17H,2-14H2,1H3,(H,21,22)(H2,23,24,25). The smallest absolute Gasteiger partial charge is 0.469 e. The van der Waals surface area contributed by atoms with Crippen molar-refractivity contribution in [3.05, 3.63) is 0 Å². The van der Waals surface area contributed by atoms with Crippen LogP contribution >= 0.6 is 31.0 Å². The van der Waals surface area contributed by atoms with Crippen LogP contribution in [0.1, 0.15) is 90.4 Å². The van der Waals surface area contributed by atoms with Crippen molar-refractivity contribution in [2.24, 2.45) is 0 Å². The van der Waals surface area contributed by atoms with Gasteiger partial charge in [0.1, 0.15) is 0 Å². The Bertz CT molecular complexity index is 432. The van der Waals surface area contributed by atoms with Crippen LogP contribution in [-0.4, -0.2) is 37.7 Å². The fourth-order valence-corrected chi connectivity index (χ4v) is 4.09. The van der Waals surface area contributed by atoms with E-state index in [4.69, 9.17) is 42.6 Å². The zero-order valence-electron chi connectivity index (χ0n) is 16.2. The SMILES string of the molecule is CCCCCCC(CC(Cl)C(Cl)CCCCCCCC(=O)O)OP(=O)(O)O. The second-order valence-corrected chi connectivity index (χ2v) is 9.35. The van der Waals surface area contributed by atoms with Crippen molar-refractivity contribution in [2.75, 3.05) is 0 Å². The molecular formula is C18H35Cl2O6P. The zero-order chi connectivity index (χ0) is 20.7. The van der Waals surface area contributed by atoms with Crippen molar-refractivity contribution < 1.29 is 28.8 Å². The van der Waals surface area contributed by atoms with Crippen LogP contribution in [0.5, 0.6) is 0 Å². The number of unbranched alkanes of at least 4 members (excludes halogenated alkanes) is 7. The van der Waals surface area contributed by atoms with Gasteiger partial charge in [0, 0.05) is 6.42 Å². The Labute approximate surface area is 173 Å². The fourth-order valence-electron chi connectivity index (χ4n) is 2.93. The van der Waals surface area contributed by atoms with Crippen molar-refractivity contribution in [1.82, 2.24) is 0 Å². The van der Waals surface area contributed by atoms with Gasteiger partial charge < -0.3 is 14.9 Å². The monoisotopic (exact) mass is 448 g/mol. The first-order valence-corrected chi connectivity index (χ1v) is 12.3. The first-order chi connectivity index (χ1) is 12.7. The van der Waals surface area contributed by atoms with E-state index in [1.54, 1.807) is 0 Å². The van der Waals surface area contributed by atoms with Crippen LogP contribution in [0, 0.1) is 0 Å². The van der Waals surface area contributed by atoms with Gasteiger partial charge in [0.05, 0.1) is 16.9 Å². The van der Waals surface area contributed by atoms with Gasteiger partial charge in [0.25, 0.3) is 0 Å². The molecule has 0 aromatic rings. The van der Waals surface area contributed by atoms with E-state index in [0.29, 0.717) is 25.7 Å². The minimum Gasteiger partial charge on any atom is -0.481 e.